The molecular weight excluding hydrogens is 130 g/mol. The molecule has 0 aliphatic rings. The molecule has 0 unspecified atom stereocenters. The van der Waals surface area contributed by atoms with Gasteiger partial charge in [0.05, 0.1) is 7.11 Å². The molecule has 0 aromatic rings. The number of carbonyl (C=O) groups is 1. The minimum absolute atomic E-state index is 0.0315. The molecule has 0 fully saturated rings. The maximum absolute atomic E-state index is 10.7. The molecule has 60 valence electrons. The van der Waals surface area contributed by atoms with E-state index < -0.39 is 0 Å². The molecule has 3 heteroatoms. The van der Waals surface area contributed by atoms with Gasteiger partial charge in [-0.15, -0.1) is 0 Å². The first-order valence-electron chi connectivity index (χ1n) is 3.54. The fourth-order valence-corrected chi connectivity index (χ4v) is 0.679. The maximum Gasteiger partial charge on any atom is 0.242 e. The van der Waals surface area contributed by atoms with Crippen molar-refractivity contribution in [3.8, 4) is 0 Å². The topological polar surface area (TPSA) is 29.5 Å². The van der Waals surface area contributed by atoms with Gasteiger partial charge in [-0.1, -0.05) is 13.3 Å². The van der Waals surface area contributed by atoms with Crippen molar-refractivity contribution in [2.24, 2.45) is 0 Å². The standard InChI is InChI=1S/C7H15NO2/c1-4-5-6-8(10-3)7(2)9/h4-6H2,1-3H3. The van der Waals surface area contributed by atoms with E-state index in [1.807, 2.05) is 0 Å². The Morgan fingerprint density at radius 3 is 2.50 bits per heavy atom. The van der Waals surface area contributed by atoms with Crippen LogP contribution in [0.25, 0.3) is 0 Å². The van der Waals surface area contributed by atoms with E-state index in [4.69, 9.17) is 4.84 Å². The number of hydrogen-bond acceptors (Lipinski definition) is 2. The number of nitrogens with zero attached hydrogens (tertiary/aromatic N) is 1. The predicted octanol–water partition coefficient (Wildman–Crippen LogP) is 1.20. The number of rotatable bonds is 4. The molecule has 10 heavy (non-hydrogen) atoms. The maximum atomic E-state index is 10.7. The molecule has 0 atom stereocenters. The van der Waals surface area contributed by atoms with Gasteiger partial charge in [-0.25, -0.2) is 5.06 Å². The van der Waals surface area contributed by atoms with E-state index in [9.17, 15) is 4.79 Å². The second-order valence-corrected chi connectivity index (χ2v) is 2.16. The average Bonchev–Trinajstić information content (AvgIpc) is 1.89. The van der Waals surface area contributed by atoms with Crippen LogP contribution in [0.4, 0.5) is 0 Å². The summed E-state index contributed by atoms with van der Waals surface area (Å²) in [6.45, 7) is 4.27. The van der Waals surface area contributed by atoms with Crippen LogP contribution in [0.15, 0.2) is 0 Å². The van der Waals surface area contributed by atoms with Gasteiger partial charge in [-0.2, -0.15) is 0 Å². The summed E-state index contributed by atoms with van der Waals surface area (Å²) in [5, 5.41) is 1.36. The molecule has 0 heterocycles. The Labute approximate surface area is 61.9 Å². The molecule has 0 bridgehead atoms. The van der Waals surface area contributed by atoms with E-state index in [1.54, 1.807) is 0 Å². The van der Waals surface area contributed by atoms with Gasteiger partial charge >= 0.3 is 0 Å². The summed E-state index contributed by atoms with van der Waals surface area (Å²) < 4.78 is 0. The van der Waals surface area contributed by atoms with Crippen molar-refractivity contribution in [1.82, 2.24) is 5.06 Å². The average molecular weight is 145 g/mol. The molecular formula is C7H15NO2. The quantitative estimate of drug-likeness (QED) is 0.556. The third-order valence-corrected chi connectivity index (χ3v) is 1.29. The number of carbonyl (C=O) groups excluding carboxylic acids is 1. The molecule has 0 N–H and O–H groups in total. The zero-order valence-corrected chi connectivity index (χ0v) is 6.89. The third-order valence-electron chi connectivity index (χ3n) is 1.29. The minimum Gasteiger partial charge on any atom is -0.274 e. The smallest absolute Gasteiger partial charge is 0.242 e. The van der Waals surface area contributed by atoms with Crippen LogP contribution < -0.4 is 0 Å². The highest BCUT2D eigenvalue weighted by Gasteiger charge is 2.04. The number of unbranched alkanes of at least 4 members (excludes halogenated alkanes) is 1. The Morgan fingerprint density at radius 1 is 1.60 bits per heavy atom. The molecule has 0 radical (unpaired) electrons. The molecule has 0 spiro atoms. The van der Waals surface area contributed by atoms with Gasteiger partial charge in [-0.05, 0) is 6.42 Å². The van der Waals surface area contributed by atoms with Crippen molar-refractivity contribution in [3.63, 3.8) is 0 Å². The zero-order valence-electron chi connectivity index (χ0n) is 6.89. The molecule has 1 amide bonds. The minimum atomic E-state index is -0.0315. The fraction of sp³-hybridized carbons (Fsp3) is 0.857. The second kappa shape index (κ2) is 5.23. The summed E-state index contributed by atoms with van der Waals surface area (Å²) in [5.74, 6) is -0.0315. The number of hydroxylamine groups is 2. The van der Waals surface area contributed by atoms with Gasteiger partial charge in [0.1, 0.15) is 0 Å². The summed E-state index contributed by atoms with van der Waals surface area (Å²) in [4.78, 5) is 15.5. The summed E-state index contributed by atoms with van der Waals surface area (Å²) in [7, 11) is 1.51. The molecule has 0 aromatic heterocycles. The molecule has 0 aromatic carbocycles. The Hall–Kier alpha value is -0.570. The molecule has 0 saturated heterocycles. The molecule has 0 aliphatic carbocycles. The lowest BCUT2D eigenvalue weighted by molar-refractivity contribution is -0.173. The Balaban J connectivity index is 3.50. The summed E-state index contributed by atoms with van der Waals surface area (Å²) >= 11 is 0. The van der Waals surface area contributed by atoms with E-state index in [1.165, 1.54) is 19.1 Å². The number of hydrogen-bond donors (Lipinski definition) is 0. The van der Waals surface area contributed by atoms with Crippen molar-refractivity contribution in [3.05, 3.63) is 0 Å². The van der Waals surface area contributed by atoms with Crippen molar-refractivity contribution in [2.75, 3.05) is 13.7 Å². The van der Waals surface area contributed by atoms with Gasteiger partial charge in [0.15, 0.2) is 0 Å². The van der Waals surface area contributed by atoms with Crippen molar-refractivity contribution < 1.29 is 9.63 Å². The summed E-state index contributed by atoms with van der Waals surface area (Å²) in [6.07, 6.45) is 2.07. The van der Waals surface area contributed by atoms with Crippen LogP contribution >= 0.6 is 0 Å². The van der Waals surface area contributed by atoms with E-state index in [-0.39, 0.29) is 5.91 Å². The first-order chi connectivity index (χ1) is 4.72. The SMILES string of the molecule is CCCCN(OC)C(C)=O. The predicted molar refractivity (Wildman–Crippen MR) is 39.3 cm³/mol. The van der Waals surface area contributed by atoms with Crippen LogP contribution in [0.1, 0.15) is 26.7 Å². The lowest BCUT2D eigenvalue weighted by atomic mass is 10.3. The van der Waals surface area contributed by atoms with E-state index in [2.05, 4.69) is 6.92 Å². The monoisotopic (exact) mass is 145 g/mol. The molecule has 0 aliphatic heterocycles. The number of amides is 1. The van der Waals surface area contributed by atoms with Crippen LogP contribution in [0.2, 0.25) is 0 Å². The van der Waals surface area contributed by atoms with Crippen molar-refractivity contribution in [1.29, 1.82) is 0 Å². The molecule has 0 rings (SSSR count). The van der Waals surface area contributed by atoms with E-state index in [0.29, 0.717) is 6.54 Å². The van der Waals surface area contributed by atoms with Gasteiger partial charge in [0.25, 0.3) is 0 Å². The van der Waals surface area contributed by atoms with E-state index in [0.717, 1.165) is 12.8 Å². The lowest BCUT2D eigenvalue weighted by Crippen LogP contribution is -2.28. The Kier molecular flexibility index (Phi) is 4.94. The first-order valence-corrected chi connectivity index (χ1v) is 3.54. The van der Waals surface area contributed by atoms with Crippen molar-refractivity contribution >= 4 is 5.91 Å². The fourth-order valence-electron chi connectivity index (χ4n) is 0.679. The summed E-state index contributed by atoms with van der Waals surface area (Å²) in [6, 6.07) is 0. The van der Waals surface area contributed by atoms with Crippen LogP contribution in [0.5, 0.6) is 0 Å². The van der Waals surface area contributed by atoms with E-state index >= 15 is 0 Å². The van der Waals surface area contributed by atoms with Crippen LogP contribution in [0, 0.1) is 0 Å². The molecule has 3 nitrogen and oxygen atoms in total. The lowest BCUT2D eigenvalue weighted by Gasteiger charge is -2.16. The summed E-state index contributed by atoms with van der Waals surface area (Å²) in [5.41, 5.74) is 0. The highest BCUT2D eigenvalue weighted by atomic mass is 16.7. The third kappa shape index (κ3) is 3.45. The van der Waals surface area contributed by atoms with Crippen LogP contribution in [-0.2, 0) is 9.63 Å². The largest absolute Gasteiger partial charge is 0.274 e. The van der Waals surface area contributed by atoms with Gasteiger partial charge in [0, 0.05) is 13.5 Å². The van der Waals surface area contributed by atoms with Gasteiger partial charge < -0.3 is 0 Å². The highest BCUT2D eigenvalue weighted by Crippen LogP contribution is 1.94. The Bertz CT molecular complexity index is 104. The first kappa shape index (κ1) is 9.43. The van der Waals surface area contributed by atoms with Gasteiger partial charge in [-0.3, -0.25) is 9.63 Å². The normalized spacial score (nSPS) is 9.50. The highest BCUT2D eigenvalue weighted by molar-refractivity contribution is 5.71. The zero-order chi connectivity index (χ0) is 7.98. The molecule has 0 saturated carbocycles. The Morgan fingerprint density at radius 2 is 2.20 bits per heavy atom. The van der Waals surface area contributed by atoms with Gasteiger partial charge in [0.2, 0.25) is 5.91 Å². The van der Waals surface area contributed by atoms with Crippen LogP contribution in [-0.4, -0.2) is 24.6 Å². The van der Waals surface area contributed by atoms with Crippen molar-refractivity contribution in [2.45, 2.75) is 26.7 Å². The second-order valence-electron chi connectivity index (χ2n) is 2.16. The van der Waals surface area contributed by atoms with Crippen LogP contribution in [0.3, 0.4) is 0 Å².